The van der Waals surface area contributed by atoms with Crippen molar-refractivity contribution in [1.82, 2.24) is 10.1 Å². The molecule has 18 heavy (non-hydrogen) atoms. The maximum absolute atomic E-state index is 6.03. The monoisotopic (exact) mass is 255 g/mol. The number of nitrogens with zero attached hydrogens (tertiary/aromatic N) is 2. The van der Waals surface area contributed by atoms with Crippen LogP contribution in [0.4, 0.5) is 0 Å². The third kappa shape index (κ3) is 4.38. The van der Waals surface area contributed by atoms with Gasteiger partial charge in [0.15, 0.2) is 0 Å². The van der Waals surface area contributed by atoms with Crippen molar-refractivity contribution in [2.45, 2.75) is 52.7 Å². The van der Waals surface area contributed by atoms with Gasteiger partial charge in [-0.2, -0.15) is 4.98 Å². The Balaban J connectivity index is 2.62. The molecule has 0 radical (unpaired) electrons. The van der Waals surface area contributed by atoms with Crippen LogP contribution in [0.15, 0.2) is 4.52 Å². The lowest BCUT2D eigenvalue weighted by Crippen LogP contribution is -2.24. The fourth-order valence-electron chi connectivity index (χ4n) is 2.06. The zero-order valence-corrected chi connectivity index (χ0v) is 12.0. The van der Waals surface area contributed by atoms with E-state index in [2.05, 4.69) is 37.8 Å². The minimum Gasteiger partial charge on any atom is -0.373 e. The van der Waals surface area contributed by atoms with Gasteiger partial charge in [0, 0.05) is 19.6 Å². The number of hydrogen-bond acceptors (Lipinski definition) is 5. The lowest BCUT2D eigenvalue weighted by atomic mass is 10.0. The summed E-state index contributed by atoms with van der Waals surface area (Å²) in [5.74, 6) is 2.09. The van der Waals surface area contributed by atoms with Crippen molar-refractivity contribution in [1.29, 1.82) is 0 Å². The minimum atomic E-state index is -0.121. The third-order valence-electron chi connectivity index (χ3n) is 2.81. The molecule has 0 bridgehead atoms. The maximum atomic E-state index is 6.03. The molecule has 5 nitrogen and oxygen atoms in total. The van der Waals surface area contributed by atoms with Gasteiger partial charge in [-0.05, 0) is 18.3 Å². The topological polar surface area (TPSA) is 74.2 Å². The zero-order chi connectivity index (χ0) is 13.7. The molecule has 1 heterocycles. The molecule has 0 saturated heterocycles. The number of methoxy groups -OCH3 is 1. The van der Waals surface area contributed by atoms with Crippen molar-refractivity contribution in [2.75, 3.05) is 7.11 Å². The standard InChI is InChI=1S/C13H25N3O2/c1-8(2)6-10(14)7-11-15-13(16-18-11)12(17-5)9(3)4/h8-10,12H,6-7,14H2,1-5H3. The molecule has 0 aliphatic heterocycles. The second-order valence-corrected chi connectivity index (χ2v) is 5.54. The highest BCUT2D eigenvalue weighted by Crippen LogP contribution is 2.22. The van der Waals surface area contributed by atoms with E-state index >= 15 is 0 Å². The summed E-state index contributed by atoms with van der Waals surface area (Å²) in [5.41, 5.74) is 6.03. The van der Waals surface area contributed by atoms with Gasteiger partial charge < -0.3 is 15.0 Å². The van der Waals surface area contributed by atoms with Gasteiger partial charge in [0.05, 0.1) is 0 Å². The quantitative estimate of drug-likeness (QED) is 0.809. The van der Waals surface area contributed by atoms with Crippen LogP contribution in [0.5, 0.6) is 0 Å². The zero-order valence-electron chi connectivity index (χ0n) is 12.0. The first-order valence-electron chi connectivity index (χ1n) is 6.54. The minimum absolute atomic E-state index is 0.0679. The normalized spacial score (nSPS) is 15.3. The van der Waals surface area contributed by atoms with Crippen LogP contribution in [0, 0.1) is 11.8 Å². The Bertz CT molecular complexity index is 350. The Morgan fingerprint density at radius 2 is 1.94 bits per heavy atom. The fraction of sp³-hybridized carbons (Fsp3) is 0.846. The number of rotatable bonds is 7. The van der Waals surface area contributed by atoms with Crippen LogP contribution in [-0.4, -0.2) is 23.3 Å². The predicted octanol–water partition coefficient (Wildman–Crippen LogP) is 2.33. The van der Waals surface area contributed by atoms with Crippen molar-refractivity contribution in [3.05, 3.63) is 11.7 Å². The molecule has 2 unspecified atom stereocenters. The van der Waals surface area contributed by atoms with Crippen LogP contribution in [0.2, 0.25) is 0 Å². The molecule has 0 spiro atoms. The van der Waals surface area contributed by atoms with Gasteiger partial charge >= 0.3 is 0 Å². The summed E-state index contributed by atoms with van der Waals surface area (Å²) in [6.45, 7) is 8.43. The number of aromatic nitrogens is 2. The number of hydrogen-bond donors (Lipinski definition) is 1. The van der Waals surface area contributed by atoms with Crippen LogP contribution >= 0.6 is 0 Å². The van der Waals surface area contributed by atoms with Gasteiger partial charge in [-0.1, -0.05) is 32.9 Å². The van der Waals surface area contributed by atoms with E-state index in [1.165, 1.54) is 0 Å². The van der Waals surface area contributed by atoms with Gasteiger partial charge in [0.1, 0.15) is 6.10 Å². The summed E-state index contributed by atoms with van der Waals surface area (Å²) < 4.78 is 10.6. The molecule has 2 atom stereocenters. The molecule has 5 heteroatoms. The lowest BCUT2D eigenvalue weighted by molar-refractivity contribution is 0.0555. The Morgan fingerprint density at radius 1 is 1.28 bits per heavy atom. The highest BCUT2D eigenvalue weighted by molar-refractivity contribution is 4.94. The summed E-state index contributed by atoms with van der Waals surface area (Å²) in [5, 5.41) is 3.97. The SMILES string of the molecule is COC(c1noc(CC(N)CC(C)C)n1)C(C)C. The van der Waals surface area contributed by atoms with Gasteiger partial charge in [0.2, 0.25) is 11.7 Å². The third-order valence-corrected chi connectivity index (χ3v) is 2.81. The maximum Gasteiger partial charge on any atom is 0.228 e. The van der Waals surface area contributed by atoms with E-state index in [1.807, 2.05) is 0 Å². The van der Waals surface area contributed by atoms with Crippen LogP contribution in [0.3, 0.4) is 0 Å². The molecule has 1 rings (SSSR count). The molecule has 0 aromatic carbocycles. The fourth-order valence-corrected chi connectivity index (χ4v) is 2.06. The largest absolute Gasteiger partial charge is 0.373 e. The molecular formula is C13H25N3O2. The van der Waals surface area contributed by atoms with Crippen molar-refractivity contribution >= 4 is 0 Å². The molecule has 104 valence electrons. The van der Waals surface area contributed by atoms with Gasteiger partial charge in [-0.15, -0.1) is 0 Å². The van der Waals surface area contributed by atoms with Gasteiger partial charge in [0.25, 0.3) is 0 Å². The van der Waals surface area contributed by atoms with E-state index in [0.29, 0.717) is 30.0 Å². The van der Waals surface area contributed by atoms with Gasteiger partial charge in [-0.3, -0.25) is 0 Å². The Kier molecular flexibility index (Phi) is 5.75. The van der Waals surface area contributed by atoms with E-state index < -0.39 is 0 Å². The van der Waals surface area contributed by atoms with E-state index in [4.69, 9.17) is 15.0 Å². The smallest absolute Gasteiger partial charge is 0.228 e. The summed E-state index contributed by atoms with van der Waals surface area (Å²) in [7, 11) is 1.66. The first kappa shape index (κ1) is 15.1. The molecule has 0 aliphatic rings. The number of ether oxygens (including phenoxy) is 1. The average Bonchev–Trinajstić information content (AvgIpc) is 2.65. The molecular weight excluding hydrogens is 230 g/mol. The molecule has 0 aliphatic carbocycles. The summed E-state index contributed by atoms with van der Waals surface area (Å²) >= 11 is 0. The first-order chi connectivity index (χ1) is 8.43. The highest BCUT2D eigenvalue weighted by atomic mass is 16.5. The second-order valence-electron chi connectivity index (χ2n) is 5.54. The van der Waals surface area contributed by atoms with E-state index in [1.54, 1.807) is 7.11 Å². The van der Waals surface area contributed by atoms with Crippen molar-refractivity contribution < 1.29 is 9.26 Å². The Morgan fingerprint density at radius 3 is 2.44 bits per heavy atom. The molecule has 0 amide bonds. The van der Waals surface area contributed by atoms with Crippen LogP contribution in [0.25, 0.3) is 0 Å². The average molecular weight is 255 g/mol. The van der Waals surface area contributed by atoms with Crippen LogP contribution in [-0.2, 0) is 11.2 Å². The second kappa shape index (κ2) is 6.85. The number of nitrogens with two attached hydrogens (primary N) is 1. The van der Waals surface area contributed by atoms with E-state index in [-0.39, 0.29) is 12.1 Å². The molecule has 2 N–H and O–H groups in total. The highest BCUT2D eigenvalue weighted by Gasteiger charge is 2.22. The van der Waals surface area contributed by atoms with Crippen molar-refractivity contribution in [3.63, 3.8) is 0 Å². The summed E-state index contributed by atoms with van der Waals surface area (Å²) in [6, 6.07) is 0.0679. The molecule has 1 aromatic heterocycles. The van der Waals surface area contributed by atoms with Crippen LogP contribution in [0.1, 0.15) is 51.9 Å². The molecule has 0 fully saturated rings. The Hall–Kier alpha value is -0.940. The van der Waals surface area contributed by atoms with E-state index in [0.717, 1.165) is 6.42 Å². The van der Waals surface area contributed by atoms with Crippen molar-refractivity contribution in [2.24, 2.45) is 17.6 Å². The van der Waals surface area contributed by atoms with E-state index in [9.17, 15) is 0 Å². The van der Waals surface area contributed by atoms with Crippen LogP contribution < -0.4 is 5.73 Å². The first-order valence-corrected chi connectivity index (χ1v) is 6.54. The Labute approximate surface area is 109 Å². The summed E-state index contributed by atoms with van der Waals surface area (Å²) in [6.07, 6.45) is 1.46. The van der Waals surface area contributed by atoms with Gasteiger partial charge in [-0.25, -0.2) is 0 Å². The predicted molar refractivity (Wildman–Crippen MR) is 70.0 cm³/mol. The lowest BCUT2D eigenvalue weighted by Gasteiger charge is -2.14. The van der Waals surface area contributed by atoms with Crippen molar-refractivity contribution in [3.8, 4) is 0 Å². The summed E-state index contributed by atoms with van der Waals surface area (Å²) in [4.78, 5) is 4.37. The molecule has 1 aromatic rings. The molecule has 0 saturated carbocycles.